The number of aryl methyl sites for hydroxylation is 1. The number of alkyl halides is 3. The summed E-state index contributed by atoms with van der Waals surface area (Å²) in [7, 11) is 1.56. The van der Waals surface area contributed by atoms with E-state index in [4.69, 9.17) is 0 Å². The van der Waals surface area contributed by atoms with Crippen molar-refractivity contribution in [1.29, 1.82) is 0 Å². The van der Waals surface area contributed by atoms with Crippen LogP contribution in [0.4, 0.5) is 13.2 Å². The lowest BCUT2D eigenvalue weighted by molar-refractivity contribution is -0.141. The minimum absolute atomic E-state index is 0.300. The monoisotopic (exact) mass is 220 g/mol. The van der Waals surface area contributed by atoms with Gasteiger partial charge in [-0.1, -0.05) is 13.8 Å². The molecule has 5 heteroatoms. The third kappa shape index (κ3) is 2.73. The standard InChI is InChI=1S/C8H9F3N2.C2H6/c1-13-6(5-2-3-5)4-7(12-13)8(9,10)11;1-2/h4-5H,2-3H2,1H3;1-2H3. The highest BCUT2D eigenvalue weighted by atomic mass is 19.4. The van der Waals surface area contributed by atoms with Gasteiger partial charge in [-0.05, 0) is 18.9 Å². The average molecular weight is 220 g/mol. The second kappa shape index (κ2) is 4.24. The van der Waals surface area contributed by atoms with Gasteiger partial charge in [0.15, 0.2) is 5.69 Å². The molecule has 0 spiro atoms. The number of hydrogen-bond acceptors (Lipinski definition) is 1. The first-order chi connectivity index (χ1) is 6.98. The van der Waals surface area contributed by atoms with Crippen LogP contribution < -0.4 is 0 Å². The van der Waals surface area contributed by atoms with Crippen LogP contribution in [0.3, 0.4) is 0 Å². The van der Waals surface area contributed by atoms with E-state index in [0.29, 0.717) is 11.6 Å². The minimum Gasteiger partial charge on any atom is -0.272 e. The van der Waals surface area contributed by atoms with Gasteiger partial charge in [0, 0.05) is 18.7 Å². The molecule has 0 N–H and O–H groups in total. The van der Waals surface area contributed by atoms with E-state index in [1.165, 1.54) is 4.68 Å². The summed E-state index contributed by atoms with van der Waals surface area (Å²) in [6.45, 7) is 4.00. The van der Waals surface area contributed by atoms with Gasteiger partial charge in [-0.3, -0.25) is 4.68 Å². The lowest BCUT2D eigenvalue weighted by atomic mass is 10.2. The van der Waals surface area contributed by atoms with Gasteiger partial charge in [-0.25, -0.2) is 0 Å². The molecule has 0 aromatic carbocycles. The van der Waals surface area contributed by atoms with Gasteiger partial charge in [-0.15, -0.1) is 0 Å². The summed E-state index contributed by atoms with van der Waals surface area (Å²) in [6, 6.07) is 1.15. The maximum atomic E-state index is 12.2. The lowest BCUT2D eigenvalue weighted by Crippen LogP contribution is -2.06. The van der Waals surface area contributed by atoms with E-state index < -0.39 is 11.9 Å². The quantitative estimate of drug-likeness (QED) is 0.709. The van der Waals surface area contributed by atoms with Gasteiger partial charge in [0.25, 0.3) is 0 Å². The number of hydrogen-bond donors (Lipinski definition) is 0. The first kappa shape index (κ1) is 12.1. The van der Waals surface area contributed by atoms with Gasteiger partial charge >= 0.3 is 6.18 Å². The molecular weight excluding hydrogens is 205 g/mol. The van der Waals surface area contributed by atoms with Crippen LogP contribution in [0.2, 0.25) is 0 Å². The Morgan fingerprint density at radius 1 is 1.33 bits per heavy atom. The van der Waals surface area contributed by atoms with Crippen molar-refractivity contribution >= 4 is 0 Å². The largest absolute Gasteiger partial charge is 0.435 e. The summed E-state index contributed by atoms with van der Waals surface area (Å²) in [5.41, 5.74) is -0.0794. The molecule has 1 heterocycles. The average Bonchev–Trinajstić information content (AvgIpc) is 2.92. The van der Waals surface area contributed by atoms with Crippen LogP contribution in [-0.2, 0) is 13.2 Å². The van der Waals surface area contributed by atoms with Crippen molar-refractivity contribution in [3.05, 3.63) is 17.5 Å². The lowest BCUT2D eigenvalue weighted by Gasteiger charge is -1.99. The van der Waals surface area contributed by atoms with E-state index in [9.17, 15) is 13.2 Å². The highest BCUT2D eigenvalue weighted by Crippen LogP contribution is 2.41. The Morgan fingerprint density at radius 2 is 1.87 bits per heavy atom. The van der Waals surface area contributed by atoms with E-state index >= 15 is 0 Å². The fraction of sp³-hybridized carbons (Fsp3) is 0.700. The predicted octanol–water partition coefficient (Wildman–Crippen LogP) is 3.34. The van der Waals surface area contributed by atoms with Crippen LogP contribution in [0.5, 0.6) is 0 Å². The molecule has 1 saturated carbocycles. The summed E-state index contributed by atoms with van der Waals surface area (Å²) in [6.07, 6.45) is -2.35. The Labute approximate surface area is 87.1 Å². The highest BCUT2D eigenvalue weighted by molar-refractivity contribution is 5.20. The Bertz CT molecular complexity index is 324. The predicted molar refractivity (Wildman–Crippen MR) is 51.5 cm³/mol. The number of rotatable bonds is 1. The summed E-state index contributed by atoms with van der Waals surface area (Å²) in [5.74, 6) is 0.300. The van der Waals surface area contributed by atoms with Crippen LogP contribution in [0.25, 0.3) is 0 Å². The minimum atomic E-state index is -4.31. The van der Waals surface area contributed by atoms with E-state index in [2.05, 4.69) is 5.10 Å². The van der Waals surface area contributed by atoms with Crippen LogP contribution in [0.15, 0.2) is 6.07 Å². The van der Waals surface area contributed by atoms with Gasteiger partial charge in [0.1, 0.15) is 0 Å². The zero-order valence-corrected chi connectivity index (χ0v) is 9.10. The molecule has 1 aromatic heterocycles. The molecule has 1 aliphatic carbocycles. The topological polar surface area (TPSA) is 17.8 Å². The number of nitrogens with zero attached hydrogens (tertiary/aromatic N) is 2. The molecule has 0 bridgehead atoms. The fourth-order valence-electron chi connectivity index (χ4n) is 1.38. The van der Waals surface area contributed by atoms with Crippen molar-refractivity contribution in [2.75, 3.05) is 0 Å². The Balaban J connectivity index is 0.000000531. The van der Waals surface area contributed by atoms with Gasteiger partial charge < -0.3 is 0 Å². The number of aromatic nitrogens is 2. The van der Waals surface area contributed by atoms with Crippen molar-refractivity contribution in [2.45, 2.75) is 38.8 Å². The van der Waals surface area contributed by atoms with Crippen LogP contribution in [0, 0.1) is 0 Å². The van der Waals surface area contributed by atoms with E-state index in [1.54, 1.807) is 7.05 Å². The summed E-state index contributed by atoms with van der Waals surface area (Å²) in [5, 5.41) is 3.43. The Morgan fingerprint density at radius 3 is 2.20 bits per heavy atom. The molecule has 0 aliphatic heterocycles. The molecule has 86 valence electrons. The molecule has 0 saturated heterocycles. The van der Waals surface area contributed by atoms with Crippen molar-refractivity contribution in [3.8, 4) is 0 Å². The molecule has 15 heavy (non-hydrogen) atoms. The van der Waals surface area contributed by atoms with Crippen LogP contribution >= 0.6 is 0 Å². The molecule has 2 rings (SSSR count). The third-order valence-electron chi connectivity index (χ3n) is 2.20. The van der Waals surface area contributed by atoms with Crippen molar-refractivity contribution in [2.24, 2.45) is 7.05 Å². The maximum Gasteiger partial charge on any atom is 0.435 e. The Kier molecular flexibility index (Phi) is 3.42. The van der Waals surface area contributed by atoms with E-state index in [-0.39, 0.29) is 0 Å². The van der Waals surface area contributed by atoms with Crippen molar-refractivity contribution in [1.82, 2.24) is 9.78 Å². The second-order valence-corrected chi connectivity index (χ2v) is 3.35. The second-order valence-electron chi connectivity index (χ2n) is 3.35. The smallest absolute Gasteiger partial charge is 0.272 e. The zero-order chi connectivity index (χ0) is 11.6. The molecule has 1 aromatic rings. The number of halogens is 3. The zero-order valence-electron chi connectivity index (χ0n) is 9.10. The summed E-state index contributed by atoms with van der Waals surface area (Å²) >= 11 is 0. The van der Waals surface area contributed by atoms with Gasteiger partial charge in [0.2, 0.25) is 0 Å². The van der Waals surface area contributed by atoms with E-state index in [0.717, 1.165) is 18.9 Å². The van der Waals surface area contributed by atoms with E-state index in [1.807, 2.05) is 13.8 Å². The molecule has 0 amide bonds. The molecule has 0 atom stereocenters. The molecular formula is C10H15F3N2. The highest BCUT2D eigenvalue weighted by Gasteiger charge is 2.37. The fourth-order valence-corrected chi connectivity index (χ4v) is 1.38. The van der Waals surface area contributed by atoms with Gasteiger partial charge in [0.05, 0.1) is 0 Å². The van der Waals surface area contributed by atoms with Crippen molar-refractivity contribution in [3.63, 3.8) is 0 Å². The maximum absolute atomic E-state index is 12.2. The first-order valence-corrected chi connectivity index (χ1v) is 5.09. The van der Waals surface area contributed by atoms with Crippen molar-refractivity contribution < 1.29 is 13.2 Å². The summed E-state index contributed by atoms with van der Waals surface area (Å²) < 4.78 is 37.9. The summed E-state index contributed by atoms with van der Waals surface area (Å²) in [4.78, 5) is 0. The molecule has 0 unspecified atom stereocenters. The SMILES string of the molecule is CC.Cn1nc(C(F)(F)F)cc1C1CC1. The molecule has 0 radical (unpaired) electrons. The van der Waals surface area contributed by atoms with Crippen LogP contribution in [-0.4, -0.2) is 9.78 Å². The third-order valence-corrected chi connectivity index (χ3v) is 2.20. The molecule has 1 aliphatic rings. The first-order valence-electron chi connectivity index (χ1n) is 5.09. The van der Waals surface area contributed by atoms with Crippen LogP contribution in [0.1, 0.15) is 44.0 Å². The van der Waals surface area contributed by atoms with Gasteiger partial charge in [-0.2, -0.15) is 18.3 Å². The normalized spacial score (nSPS) is 15.9. The molecule has 1 fully saturated rings. The molecule has 2 nitrogen and oxygen atoms in total. The Hall–Kier alpha value is -1.00.